The SMILES string of the molecule is COC(=O)CN(C)C(=O)CCc1ccco1. The Morgan fingerprint density at radius 2 is 2.25 bits per heavy atom. The number of carbonyl (C=O) groups excluding carboxylic acids is 2. The third-order valence-corrected chi connectivity index (χ3v) is 2.19. The summed E-state index contributed by atoms with van der Waals surface area (Å²) in [6, 6.07) is 3.59. The molecular formula is C11H15NO4. The average Bonchev–Trinajstić information content (AvgIpc) is 2.78. The quantitative estimate of drug-likeness (QED) is 0.697. The molecule has 0 radical (unpaired) electrons. The lowest BCUT2D eigenvalue weighted by Crippen LogP contribution is -2.32. The second-order valence-corrected chi connectivity index (χ2v) is 3.41. The molecule has 1 aromatic rings. The van der Waals surface area contributed by atoms with E-state index in [9.17, 15) is 9.59 Å². The number of nitrogens with zero attached hydrogens (tertiary/aromatic N) is 1. The van der Waals surface area contributed by atoms with Crippen LogP contribution >= 0.6 is 0 Å². The van der Waals surface area contributed by atoms with Gasteiger partial charge in [0.25, 0.3) is 0 Å². The Kier molecular flexibility index (Phi) is 4.57. The minimum absolute atomic E-state index is 0.0203. The molecule has 5 nitrogen and oxygen atoms in total. The van der Waals surface area contributed by atoms with Gasteiger partial charge in [0.1, 0.15) is 12.3 Å². The Balaban J connectivity index is 2.31. The minimum atomic E-state index is -0.422. The molecule has 88 valence electrons. The summed E-state index contributed by atoms with van der Waals surface area (Å²) in [6.07, 6.45) is 2.43. The number of methoxy groups -OCH3 is 1. The highest BCUT2D eigenvalue weighted by Crippen LogP contribution is 2.04. The zero-order valence-corrected chi connectivity index (χ0v) is 9.43. The van der Waals surface area contributed by atoms with E-state index in [1.807, 2.05) is 6.07 Å². The van der Waals surface area contributed by atoms with E-state index >= 15 is 0 Å². The first-order valence-electron chi connectivity index (χ1n) is 4.96. The van der Waals surface area contributed by atoms with E-state index in [4.69, 9.17) is 4.42 Å². The van der Waals surface area contributed by atoms with Gasteiger partial charge in [0, 0.05) is 19.9 Å². The number of aryl methyl sites for hydroxylation is 1. The van der Waals surface area contributed by atoms with Gasteiger partial charge < -0.3 is 14.1 Å². The van der Waals surface area contributed by atoms with Crippen LogP contribution in [0, 0.1) is 0 Å². The number of likely N-dealkylation sites (N-methyl/N-ethyl adjacent to an activating group) is 1. The van der Waals surface area contributed by atoms with Crippen LogP contribution in [0.15, 0.2) is 22.8 Å². The summed E-state index contributed by atoms with van der Waals surface area (Å²) < 4.78 is 9.57. The fraction of sp³-hybridized carbons (Fsp3) is 0.455. The standard InChI is InChI=1S/C11H15NO4/c1-12(8-11(14)15-2)10(13)6-5-9-4-3-7-16-9/h3-4,7H,5-6,8H2,1-2H3. The molecule has 0 saturated heterocycles. The first-order chi connectivity index (χ1) is 7.63. The van der Waals surface area contributed by atoms with Crippen molar-refractivity contribution < 1.29 is 18.7 Å². The van der Waals surface area contributed by atoms with Crippen molar-refractivity contribution in [2.75, 3.05) is 20.7 Å². The van der Waals surface area contributed by atoms with Crippen LogP contribution in [0.5, 0.6) is 0 Å². The highest BCUT2D eigenvalue weighted by molar-refractivity contribution is 5.81. The number of amides is 1. The average molecular weight is 225 g/mol. The predicted octanol–water partition coefficient (Wildman–Crippen LogP) is 0.844. The lowest BCUT2D eigenvalue weighted by atomic mass is 10.2. The van der Waals surface area contributed by atoms with Crippen LogP contribution < -0.4 is 0 Å². The summed E-state index contributed by atoms with van der Waals surface area (Å²) in [5.41, 5.74) is 0. The zero-order valence-electron chi connectivity index (χ0n) is 9.43. The maximum Gasteiger partial charge on any atom is 0.325 e. The van der Waals surface area contributed by atoms with Crippen LogP contribution in [0.2, 0.25) is 0 Å². The first-order valence-corrected chi connectivity index (χ1v) is 4.96. The van der Waals surface area contributed by atoms with Crippen molar-refractivity contribution in [3.8, 4) is 0 Å². The summed E-state index contributed by atoms with van der Waals surface area (Å²) in [7, 11) is 2.87. The van der Waals surface area contributed by atoms with Crippen LogP contribution in [-0.4, -0.2) is 37.5 Å². The third kappa shape index (κ3) is 3.76. The number of carbonyl (C=O) groups is 2. The minimum Gasteiger partial charge on any atom is -0.469 e. The molecule has 0 unspecified atom stereocenters. The first kappa shape index (κ1) is 12.3. The maximum absolute atomic E-state index is 11.6. The van der Waals surface area contributed by atoms with Crippen molar-refractivity contribution in [3.05, 3.63) is 24.2 Å². The van der Waals surface area contributed by atoms with Gasteiger partial charge in [0.2, 0.25) is 5.91 Å². The normalized spacial score (nSPS) is 9.88. The van der Waals surface area contributed by atoms with Gasteiger partial charge in [-0.05, 0) is 12.1 Å². The molecule has 16 heavy (non-hydrogen) atoms. The van der Waals surface area contributed by atoms with Crippen molar-refractivity contribution in [1.82, 2.24) is 4.90 Å². The molecule has 0 fully saturated rings. The molecular weight excluding hydrogens is 210 g/mol. The fourth-order valence-corrected chi connectivity index (χ4v) is 1.22. The highest BCUT2D eigenvalue weighted by atomic mass is 16.5. The number of furan rings is 1. The van der Waals surface area contributed by atoms with E-state index in [0.29, 0.717) is 12.8 Å². The zero-order chi connectivity index (χ0) is 12.0. The lowest BCUT2D eigenvalue weighted by molar-refractivity contribution is -0.146. The second-order valence-electron chi connectivity index (χ2n) is 3.41. The smallest absolute Gasteiger partial charge is 0.325 e. The molecule has 0 bridgehead atoms. The highest BCUT2D eigenvalue weighted by Gasteiger charge is 2.13. The summed E-state index contributed by atoms with van der Waals surface area (Å²) >= 11 is 0. The van der Waals surface area contributed by atoms with Gasteiger partial charge in [-0.1, -0.05) is 0 Å². The van der Waals surface area contributed by atoms with E-state index in [2.05, 4.69) is 4.74 Å². The summed E-state index contributed by atoms with van der Waals surface area (Å²) in [5, 5.41) is 0. The number of ether oxygens (including phenoxy) is 1. The van der Waals surface area contributed by atoms with E-state index < -0.39 is 5.97 Å². The molecule has 1 aromatic heterocycles. The molecule has 0 N–H and O–H groups in total. The van der Waals surface area contributed by atoms with E-state index in [0.717, 1.165) is 5.76 Å². The Labute approximate surface area is 94.0 Å². The predicted molar refractivity (Wildman–Crippen MR) is 56.7 cm³/mol. The molecule has 0 aromatic carbocycles. The van der Waals surface area contributed by atoms with Crippen molar-refractivity contribution in [2.45, 2.75) is 12.8 Å². The van der Waals surface area contributed by atoms with Crippen LogP contribution in [0.4, 0.5) is 0 Å². The van der Waals surface area contributed by atoms with Gasteiger partial charge in [-0.2, -0.15) is 0 Å². The number of hydrogen-bond acceptors (Lipinski definition) is 4. The van der Waals surface area contributed by atoms with Crippen LogP contribution in [0.25, 0.3) is 0 Å². The molecule has 1 heterocycles. The van der Waals surface area contributed by atoms with Gasteiger partial charge in [-0.25, -0.2) is 0 Å². The van der Waals surface area contributed by atoms with E-state index in [-0.39, 0.29) is 12.5 Å². The molecule has 0 aliphatic heterocycles. The molecule has 5 heteroatoms. The number of hydrogen-bond donors (Lipinski definition) is 0. The van der Waals surface area contributed by atoms with Gasteiger partial charge in [-0.3, -0.25) is 9.59 Å². The van der Waals surface area contributed by atoms with E-state index in [1.165, 1.54) is 12.0 Å². The monoisotopic (exact) mass is 225 g/mol. The Bertz CT molecular complexity index is 345. The third-order valence-electron chi connectivity index (χ3n) is 2.19. The molecule has 0 aliphatic rings. The van der Waals surface area contributed by atoms with Crippen molar-refractivity contribution in [3.63, 3.8) is 0 Å². The molecule has 0 atom stereocenters. The Hall–Kier alpha value is -1.78. The summed E-state index contributed by atoms with van der Waals surface area (Å²) in [6.45, 7) is -0.0203. The van der Waals surface area contributed by atoms with Crippen molar-refractivity contribution in [1.29, 1.82) is 0 Å². The molecule has 1 rings (SSSR count). The van der Waals surface area contributed by atoms with Gasteiger partial charge >= 0.3 is 5.97 Å². The fourth-order valence-electron chi connectivity index (χ4n) is 1.22. The largest absolute Gasteiger partial charge is 0.469 e. The summed E-state index contributed by atoms with van der Waals surface area (Å²) in [4.78, 5) is 23.8. The molecule has 0 spiro atoms. The van der Waals surface area contributed by atoms with Crippen LogP contribution in [0.1, 0.15) is 12.2 Å². The van der Waals surface area contributed by atoms with Crippen LogP contribution in [0.3, 0.4) is 0 Å². The lowest BCUT2D eigenvalue weighted by Gasteiger charge is -2.14. The topological polar surface area (TPSA) is 59.8 Å². The van der Waals surface area contributed by atoms with Gasteiger partial charge in [-0.15, -0.1) is 0 Å². The van der Waals surface area contributed by atoms with E-state index in [1.54, 1.807) is 19.4 Å². The number of rotatable bonds is 5. The summed E-state index contributed by atoms with van der Waals surface area (Å²) in [5.74, 6) is 0.232. The molecule has 0 aliphatic carbocycles. The number of esters is 1. The molecule has 0 saturated carbocycles. The van der Waals surface area contributed by atoms with Crippen molar-refractivity contribution >= 4 is 11.9 Å². The van der Waals surface area contributed by atoms with Gasteiger partial charge in [0.15, 0.2) is 0 Å². The van der Waals surface area contributed by atoms with Crippen LogP contribution in [-0.2, 0) is 20.7 Å². The Morgan fingerprint density at radius 1 is 1.50 bits per heavy atom. The Morgan fingerprint density at radius 3 is 2.81 bits per heavy atom. The molecule has 1 amide bonds. The van der Waals surface area contributed by atoms with Gasteiger partial charge in [0.05, 0.1) is 13.4 Å². The second kappa shape index (κ2) is 5.95. The van der Waals surface area contributed by atoms with Crippen molar-refractivity contribution in [2.24, 2.45) is 0 Å². The maximum atomic E-state index is 11.6.